The lowest BCUT2D eigenvalue weighted by Crippen LogP contribution is -2.25. The second kappa shape index (κ2) is 12.6. The number of carbonyl (C=O) groups excluding carboxylic acids is 1. The molecule has 0 saturated carbocycles. The molecule has 0 radical (unpaired) electrons. The predicted octanol–water partition coefficient (Wildman–Crippen LogP) is 4.61. The first kappa shape index (κ1) is 25.6. The Morgan fingerprint density at radius 2 is 1.92 bits per heavy atom. The van der Waals surface area contributed by atoms with Crippen molar-refractivity contribution in [2.75, 3.05) is 6.54 Å². The first-order chi connectivity index (χ1) is 12.0. The molecule has 0 aromatic carbocycles. The maximum atomic E-state index is 13.1. The number of carbonyl (C=O) groups is 1. The largest absolute Gasteiger partial charge is 0.396 e. The highest BCUT2D eigenvalue weighted by Crippen LogP contribution is 2.25. The molecule has 0 fully saturated rings. The lowest BCUT2D eigenvalue weighted by molar-refractivity contribution is -0.117. The van der Waals surface area contributed by atoms with Crippen molar-refractivity contribution in [2.24, 2.45) is 17.1 Å². The maximum Gasteiger partial charge on any atom is 0.246 e. The Morgan fingerprint density at radius 3 is 2.27 bits per heavy atom. The van der Waals surface area contributed by atoms with Gasteiger partial charge in [-0.1, -0.05) is 25.7 Å². The van der Waals surface area contributed by atoms with E-state index in [-0.39, 0.29) is 23.6 Å². The van der Waals surface area contributed by atoms with Gasteiger partial charge in [-0.25, -0.2) is 8.78 Å². The van der Waals surface area contributed by atoms with E-state index in [2.05, 4.69) is 24.5 Å². The summed E-state index contributed by atoms with van der Waals surface area (Å²) in [7, 11) is 0. The van der Waals surface area contributed by atoms with E-state index in [1.54, 1.807) is 19.9 Å². The molecule has 1 atom stereocenters. The van der Waals surface area contributed by atoms with Gasteiger partial charge < -0.3 is 11.1 Å². The summed E-state index contributed by atoms with van der Waals surface area (Å²) in [6, 6.07) is 2.22. The van der Waals surface area contributed by atoms with Crippen LogP contribution in [0, 0.1) is 22.7 Å². The molecule has 0 aliphatic rings. The number of nitrogens with one attached hydrogen (secondary N) is 1. The summed E-state index contributed by atoms with van der Waals surface area (Å²) in [4.78, 5) is 11.2. The summed E-state index contributed by atoms with van der Waals surface area (Å²) in [5.74, 6) is -1.89. The third kappa shape index (κ3) is 10.2. The Hall–Kier alpha value is -2.68. The number of amides is 1. The van der Waals surface area contributed by atoms with E-state index >= 15 is 0 Å². The van der Waals surface area contributed by atoms with Crippen LogP contribution in [0.4, 0.5) is 8.78 Å². The SMILES string of the molecule is C=C/C(N)=C(F)\C=C(\F)CNC(=O)/C(C)=C/C.C=CC(C)C(C)(C)C#N. The van der Waals surface area contributed by atoms with Gasteiger partial charge in [-0.2, -0.15) is 5.26 Å². The van der Waals surface area contributed by atoms with Crippen LogP contribution >= 0.6 is 0 Å². The molecule has 144 valence electrons. The number of nitrogens with zero attached hydrogens (tertiary/aromatic N) is 1. The average molecular weight is 365 g/mol. The monoisotopic (exact) mass is 365 g/mol. The number of rotatable bonds is 7. The fourth-order valence-corrected chi connectivity index (χ4v) is 1.20. The molecular formula is C20H29F2N3O. The first-order valence-corrected chi connectivity index (χ1v) is 8.05. The van der Waals surface area contributed by atoms with Gasteiger partial charge in [-0.3, -0.25) is 4.79 Å². The van der Waals surface area contributed by atoms with Crippen LogP contribution in [-0.4, -0.2) is 12.5 Å². The normalized spacial score (nSPS) is 14.1. The molecular weight excluding hydrogens is 336 g/mol. The second-order valence-corrected chi connectivity index (χ2v) is 6.11. The Labute approximate surface area is 155 Å². The molecule has 0 heterocycles. The van der Waals surface area contributed by atoms with E-state index in [0.29, 0.717) is 11.6 Å². The number of halogens is 2. The average Bonchev–Trinajstić information content (AvgIpc) is 2.63. The topological polar surface area (TPSA) is 78.9 Å². The molecule has 3 N–H and O–H groups in total. The van der Waals surface area contributed by atoms with Crippen LogP contribution < -0.4 is 11.1 Å². The molecule has 6 heteroatoms. The van der Waals surface area contributed by atoms with Gasteiger partial charge >= 0.3 is 0 Å². The Morgan fingerprint density at radius 1 is 1.38 bits per heavy atom. The summed E-state index contributed by atoms with van der Waals surface area (Å²) in [6.45, 7) is 15.6. The zero-order chi connectivity index (χ0) is 20.9. The van der Waals surface area contributed by atoms with Crippen LogP contribution in [-0.2, 0) is 4.79 Å². The summed E-state index contributed by atoms with van der Waals surface area (Å²) in [6.07, 6.45) is 5.08. The van der Waals surface area contributed by atoms with E-state index in [9.17, 15) is 13.6 Å². The molecule has 0 aliphatic heterocycles. The minimum absolute atomic E-state index is 0.254. The molecule has 0 spiro atoms. The summed E-state index contributed by atoms with van der Waals surface area (Å²) in [5.41, 5.74) is 5.11. The number of allylic oxidation sites excluding steroid dienone is 5. The lowest BCUT2D eigenvalue weighted by atomic mass is 9.82. The van der Waals surface area contributed by atoms with Gasteiger partial charge in [0.05, 0.1) is 23.7 Å². The molecule has 1 amide bonds. The minimum Gasteiger partial charge on any atom is -0.396 e. The van der Waals surface area contributed by atoms with Crippen LogP contribution in [0.25, 0.3) is 0 Å². The molecule has 0 aromatic heterocycles. The van der Waals surface area contributed by atoms with Gasteiger partial charge in [-0.05, 0) is 39.7 Å². The van der Waals surface area contributed by atoms with Crippen LogP contribution in [0.3, 0.4) is 0 Å². The second-order valence-electron chi connectivity index (χ2n) is 6.11. The minimum atomic E-state index is -0.922. The lowest BCUT2D eigenvalue weighted by Gasteiger charge is -2.19. The van der Waals surface area contributed by atoms with E-state index in [4.69, 9.17) is 11.0 Å². The molecule has 26 heavy (non-hydrogen) atoms. The standard InChI is InChI=1S/C12H16F2N2O.C8H13N/c1-4-8(3)12(17)16-7-9(13)6-10(14)11(15)5-2;1-5-7(2)8(3,4)6-9/h4-6H,2,7,15H2,1,3H3,(H,16,17);5,7H,1H2,2-4H3/b8-4+,9-6+,11-10-;. The summed E-state index contributed by atoms with van der Waals surface area (Å²) in [5, 5.41) is 10.9. The van der Waals surface area contributed by atoms with Gasteiger partial charge in [0.1, 0.15) is 11.7 Å². The molecule has 4 nitrogen and oxygen atoms in total. The van der Waals surface area contributed by atoms with Gasteiger partial charge in [0.2, 0.25) is 5.91 Å². The van der Waals surface area contributed by atoms with Crippen molar-refractivity contribution < 1.29 is 13.6 Å². The quantitative estimate of drug-likeness (QED) is 0.393. The highest BCUT2D eigenvalue weighted by atomic mass is 19.1. The number of nitriles is 1. The number of nitrogens with two attached hydrogens (primary N) is 1. The number of hydrogen-bond acceptors (Lipinski definition) is 3. The van der Waals surface area contributed by atoms with Crippen LogP contribution in [0.1, 0.15) is 34.6 Å². The Balaban J connectivity index is 0. The van der Waals surface area contributed by atoms with Gasteiger partial charge in [-0.15, -0.1) is 6.58 Å². The zero-order valence-corrected chi connectivity index (χ0v) is 16.2. The van der Waals surface area contributed by atoms with E-state index < -0.39 is 17.6 Å². The van der Waals surface area contributed by atoms with Crippen LogP contribution in [0.15, 0.2) is 60.4 Å². The van der Waals surface area contributed by atoms with Crippen molar-refractivity contribution in [3.63, 3.8) is 0 Å². The Bertz CT molecular complexity index is 638. The van der Waals surface area contributed by atoms with Gasteiger partial charge in [0.15, 0.2) is 0 Å². The van der Waals surface area contributed by atoms with E-state index in [0.717, 1.165) is 6.08 Å². The van der Waals surface area contributed by atoms with Crippen LogP contribution in [0.5, 0.6) is 0 Å². The third-order valence-electron chi connectivity index (χ3n) is 3.77. The van der Waals surface area contributed by atoms with Crippen molar-refractivity contribution in [1.29, 1.82) is 5.26 Å². The van der Waals surface area contributed by atoms with Gasteiger partial charge in [0, 0.05) is 11.6 Å². The predicted molar refractivity (Wildman–Crippen MR) is 103 cm³/mol. The zero-order valence-electron chi connectivity index (χ0n) is 16.2. The third-order valence-corrected chi connectivity index (χ3v) is 3.77. The van der Waals surface area contributed by atoms with Crippen molar-refractivity contribution in [3.8, 4) is 6.07 Å². The van der Waals surface area contributed by atoms with Crippen molar-refractivity contribution in [1.82, 2.24) is 5.32 Å². The smallest absolute Gasteiger partial charge is 0.246 e. The van der Waals surface area contributed by atoms with Crippen molar-refractivity contribution >= 4 is 5.91 Å². The fraction of sp³-hybridized carbons (Fsp3) is 0.400. The van der Waals surface area contributed by atoms with E-state index in [1.807, 2.05) is 26.8 Å². The fourth-order valence-electron chi connectivity index (χ4n) is 1.20. The molecule has 0 aromatic rings. The van der Waals surface area contributed by atoms with Gasteiger partial charge in [0.25, 0.3) is 0 Å². The molecule has 1 unspecified atom stereocenters. The number of hydrogen-bond donors (Lipinski definition) is 2. The van der Waals surface area contributed by atoms with Crippen molar-refractivity contribution in [2.45, 2.75) is 34.6 Å². The molecule has 0 aliphatic carbocycles. The summed E-state index contributed by atoms with van der Waals surface area (Å²) < 4.78 is 26.2. The van der Waals surface area contributed by atoms with Crippen molar-refractivity contribution in [3.05, 3.63) is 60.4 Å². The highest BCUT2D eigenvalue weighted by molar-refractivity contribution is 5.92. The van der Waals surface area contributed by atoms with Crippen LogP contribution in [0.2, 0.25) is 0 Å². The Kier molecular flexibility index (Phi) is 12.4. The maximum absolute atomic E-state index is 13.1. The molecule has 0 bridgehead atoms. The molecule has 0 rings (SSSR count). The summed E-state index contributed by atoms with van der Waals surface area (Å²) >= 11 is 0. The highest BCUT2D eigenvalue weighted by Gasteiger charge is 2.22. The van der Waals surface area contributed by atoms with E-state index in [1.165, 1.54) is 0 Å². The first-order valence-electron chi connectivity index (χ1n) is 8.05. The molecule has 0 saturated heterocycles.